The fourth-order valence-corrected chi connectivity index (χ4v) is 6.27. The van der Waals surface area contributed by atoms with Crippen LogP contribution in [0.4, 0.5) is 4.79 Å². The second kappa shape index (κ2) is 19.4. The molecule has 6 atom stereocenters. The summed E-state index contributed by atoms with van der Waals surface area (Å²) in [5, 5.41) is 43.5. The predicted molar refractivity (Wildman–Crippen MR) is 166 cm³/mol. The molecule has 2 aliphatic carbocycles. The van der Waals surface area contributed by atoms with E-state index >= 15 is 0 Å². The van der Waals surface area contributed by atoms with Crippen LogP contribution in [0.15, 0.2) is 0 Å². The molecule has 0 aromatic heterocycles. The Bertz CT molecular complexity index is 686. The molecule has 0 aliphatic heterocycles. The molecule has 0 aromatic carbocycles. The minimum Gasteiger partial charge on any atom is -0.444 e. The van der Waals surface area contributed by atoms with Gasteiger partial charge in [0.15, 0.2) is 0 Å². The van der Waals surface area contributed by atoms with Gasteiger partial charge in [0.1, 0.15) is 11.7 Å². The summed E-state index contributed by atoms with van der Waals surface area (Å²) in [6, 6.07) is -0.747. The van der Waals surface area contributed by atoms with Crippen LogP contribution < -0.4 is 11.1 Å². The summed E-state index contributed by atoms with van der Waals surface area (Å²) in [7, 11) is 0. The molecule has 2 aliphatic rings. The van der Waals surface area contributed by atoms with Crippen LogP contribution in [-0.2, 0) is 4.74 Å². The summed E-state index contributed by atoms with van der Waals surface area (Å²) >= 11 is 0. The van der Waals surface area contributed by atoms with Crippen molar-refractivity contribution in [3.8, 4) is 0 Å². The van der Waals surface area contributed by atoms with Gasteiger partial charge in [-0.2, -0.15) is 0 Å². The number of ether oxygens (including phenoxy) is 1. The Morgan fingerprint density at radius 1 is 0.756 bits per heavy atom. The molecule has 8 nitrogen and oxygen atoms in total. The normalized spacial score (nSPS) is 21.8. The van der Waals surface area contributed by atoms with E-state index in [4.69, 9.17) is 10.5 Å². The largest absolute Gasteiger partial charge is 0.444 e. The molecule has 2 rings (SSSR count). The van der Waals surface area contributed by atoms with Gasteiger partial charge in [0.25, 0.3) is 0 Å². The molecule has 0 aromatic rings. The highest BCUT2D eigenvalue weighted by Gasteiger charge is 2.32. The van der Waals surface area contributed by atoms with Crippen LogP contribution in [0.1, 0.15) is 138 Å². The van der Waals surface area contributed by atoms with E-state index in [-0.39, 0.29) is 12.0 Å². The predicted octanol–water partition coefficient (Wildman–Crippen LogP) is 5.67. The molecule has 0 radical (unpaired) electrons. The van der Waals surface area contributed by atoms with Crippen molar-refractivity contribution < 1.29 is 30.0 Å². The molecule has 0 bridgehead atoms. The number of amides is 1. The first-order chi connectivity index (χ1) is 19.1. The fraction of sp³-hybridized carbons (Fsp3) is 0.970. The number of carbonyl (C=O) groups excluding carboxylic acids is 1. The van der Waals surface area contributed by atoms with Gasteiger partial charge in [-0.25, -0.2) is 4.79 Å². The van der Waals surface area contributed by atoms with Crippen LogP contribution in [0.5, 0.6) is 0 Å². The lowest BCUT2D eigenvalue weighted by molar-refractivity contribution is -0.0232. The van der Waals surface area contributed by atoms with Gasteiger partial charge in [-0.3, -0.25) is 0 Å². The van der Waals surface area contributed by atoms with Crippen LogP contribution in [0.25, 0.3) is 0 Å². The van der Waals surface area contributed by atoms with E-state index in [1.54, 1.807) is 0 Å². The Morgan fingerprint density at radius 3 is 1.59 bits per heavy atom. The van der Waals surface area contributed by atoms with E-state index in [0.717, 1.165) is 19.3 Å². The summed E-state index contributed by atoms with van der Waals surface area (Å²) in [6.07, 6.45) is 11.2. The minimum absolute atomic E-state index is 0.271. The van der Waals surface area contributed by atoms with Crippen molar-refractivity contribution in [2.45, 2.75) is 180 Å². The first-order valence-electron chi connectivity index (χ1n) is 16.6. The third kappa shape index (κ3) is 17.1. The maximum absolute atomic E-state index is 12.1. The molecule has 0 saturated heterocycles. The molecule has 41 heavy (non-hydrogen) atoms. The lowest BCUT2D eigenvalue weighted by atomic mass is 9.82. The smallest absolute Gasteiger partial charge is 0.407 e. The monoisotopic (exact) mass is 586 g/mol. The molecule has 0 spiro atoms. The first-order valence-corrected chi connectivity index (χ1v) is 16.6. The number of rotatable bonds is 13. The number of nitrogens with one attached hydrogen (secondary N) is 1. The Morgan fingerprint density at radius 2 is 1.17 bits per heavy atom. The number of nitrogens with two attached hydrogens (primary N) is 1. The lowest BCUT2D eigenvalue weighted by Crippen LogP contribution is -2.51. The van der Waals surface area contributed by atoms with Crippen molar-refractivity contribution in [2.24, 2.45) is 29.4 Å². The van der Waals surface area contributed by atoms with Gasteiger partial charge < -0.3 is 36.2 Å². The lowest BCUT2D eigenvalue weighted by Gasteiger charge is -2.33. The standard InChI is InChI=1S/C19H37NO4.C14H29NO2/c1-13(2)11-16(21)17(22)15(12-14-9-7-6-8-10-14)20-18(23)24-19(3,4)5;1-10(2)8-13(16)14(17)12(15)9-11-6-4-3-5-7-11/h13-17,21-22H,6-12H2,1-5H3,(H,20,23);10-14,16-17H,3-9,15H2,1-2H3/t15-,16-,17+;12-,13-,14+/m00/s1. The van der Waals surface area contributed by atoms with E-state index in [1.165, 1.54) is 51.4 Å². The van der Waals surface area contributed by atoms with Gasteiger partial charge in [0, 0.05) is 6.04 Å². The van der Waals surface area contributed by atoms with Gasteiger partial charge in [-0.1, -0.05) is 91.9 Å². The zero-order chi connectivity index (χ0) is 31.2. The molecule has 0 unspecified atom stereocenters. The van der Waals surface area contributed by atoms with Crippen LogP contribution >= 0.6 is 0 Å². The van der Waals surface area contributed by atoms with Gasteiger partial charge in [-0.15, -0.1) is 0 Å². The van der Waals surface area contributed by atoms with Gasteiger partial charge >= 0.3 is 6.09 Å². The highest BCUT2D eigenvalue weighted by atomic mass is 16.6. The van der Waals surface area contributed by atoms with Crippen molar-refractivity contribution >= 4 is 6.09 Å². The molecule has 0 heterocycles. The molecule has 8 heteroatoms. The molecular weight excluding hydrogens is 520 g/mol. The van der Waals surface area contributed by atoms with Crippen molar-refractivity contribution in [1.82, 2.24) is 5.32 Å². The van der Waals surface area contributed by atoms with Crippen LogP contribution in [0.3, 0.4) is 0 Å². The summed E-state index contributed by atoms with van der Waals surface area (Å²) in [5.74, 6) is 1.81. The quantitative estimate of drug-likeness (QED) is 0.163. The third-order valence-corrected chi connectivity index (χ3v) is 8.41. The average Bonchev–Trinajstić information content (AvgIpc) is 2.87. The zero-order valence-electron chi connectivity index (χ0n) is 27.4. The molecule has 1 amide bonds. The Balaban J connectivity index is 0.000000435. The molecule has 2 fully saturated rings. The number of hydrogen-bond acceptors (Lipinski definition) is 7. The number of aliphatic hydroxyl groups is 4. The number of alkyl carbamates (subject to hydrolysis) is 1. The highest BCUT2D eigenvalue weighted by molar-refractivity contribution is 5.68. The van der Waals surface area contributed by atoms with Gasteiger partial charge in [0.2, 0.25) is 0 Å². The molecule has 2 saturated carbocycles. The summed E-state index contributed by atoms with van der Waals surface area (Å²) in [5.41, 5.74) is 5.43. The van der Waals surface area contributed by atoms with Crippen molar-refractivity contribution in [2.75, 3.05) is 0 Å². The summed E-state index contributed by atoms with van der Waals surface area (Å²) in [6.45, 7) is 13.5. The third-order valence-electron chi connectivity index (χ3n) is 8.41. The van der Waals surface area contributed by atoms with Crippen molar-refractivity contribution in [1.29, 1.82) is 0 Å². The SMILES string of the molecule is CC(C)C[C@H](O)[C@H](O)[C@@H](N)CC1CCCCC1.CC(C)C[C@H](O)[C@H](O)[C@H](CC1CCCCC1)NC(=O)OC(C)(C)C. The van der Waals surface area contributed by atoms with Crippen molar-refractivity contribution in [3.05, 3.63) is 0 Å². The maximum atomic E-state index is 12.1. The average molecular weight is 587 g/mol. The van der Waals surface area contributed by atoms with Crippen LogP contribution in [0.2, 0.25) is 0 Å². The van der Waals surface area contributed by atoms with Crippen LogP contribution in [0, 0.1) is 23.7 Å². The van der Waals surface area contributed by atoms with E-state index < -0.39 is 42.2 Å². The van der Waals surface area contributed by atoms with Crippen molar-refractivity contribution in [3.63, 3.8) is 0 Å². The number of carbonyl (C=O) groups is 1. The fourth-order valence-electron chi connectivity index (χ4n) is 6.27. The maximum Gasteiger partial charge on any atom is 0.407 e. The first kappa shape index (κ1) is 38.1. The Kier molecular flexibility index (Phi) is 18.0. The molecule has 7 N–H and O–H groups in total. The van der Waals surface area contributed by atoms with E-state index in [9.17, 15) is 25.2 Å². The topological polar surface area (TPSA) is 145 Å². The minimum atomic E-state index is -0.971. The van der Waals surface area contributed by atoms with Crippen LogP contribution in [-0.4, -0.2) is 68.6 Å². The van der Waals surface area contributed by atoms with Gasteiger partial charge in [0.05, 0.1) is 24.4 Å². The Labute approximate surface area is 251 Å². The number of hydrogen-bond donors (Lipinski definition) is 6. The molecular formula is C33H66N2O6. The summed E-state index contributed by atoms with van der Waals surface area (Å²) < 4.78 is 5.33. The van der Waals surface area contributed by atoms with Gasteiger partial charge in [-0.05, 0) is 70.1 Å². The Hall–Kier alpha value is -0.930. The van der Waals surface area contributed by atoms with E-state index in [1.807, 2.05) is 48.5 Å². The second-order valence-corrected chi connectivity index (χ2v) is 14.8. The summed E-state index contributed by atoms with van der Waals surface area (Å²) in [4.78, 5) is 12.1. The van der Waals surface area contributed by atoms with E-state index in [0.29, 0.717) is 37.0 Å². The number of aliphatic hydroxyl groups excluding tert-OH is 4. The second-order valence-electron chi connectivity index (χ2n) is 14.8. The van der Waals surface area contributed by atoms with E-state index in [2.05, 4.69) is 5.32 Å². The highest BCUT2D eigenvalue weighted by Crippen LogP contribution is 2.30. The molecule has 244 valence electrons. The zero-order valence-corrected chi connectivity index (χ0v) is 27.4.